The molecule has 0 saturated carbocycles. The summed E-state index contributed by atoms with van der Waals surface area (Å²) in [7, 11) is 1.65. The van der Waals surface area contributed by atoms with Gasteiger partial charge in [0.05, 0.1) is 7.11 Å². The average Bonchev–Trinajstić information content (AvgIpc) is 2.62. The first kappa shape index (κ1) is 13.6. The minimum Gasteiger partial charge on any atom is -0.497 e. The fourth-order valence-electron chi connectivity index (χ4n) is 2.25. The summed E-state index contributed by atoms with van der Waals surface area (Å²) in [6.45, 7) is 0. The molecule has 20 heavy (non-hydrogen) atoms. The van der Waals surface area contributed by atoms with Gasteiger partial charge in [-0.25, -0.2) is 0 Å². The van der Waals surface area contributed by atoms with E-state index in [0.29, 0.717) is 6.42 Å². The number of hydrogen-bond acceptors (Lipinski definition) is 4. The number of thioether (sulfide) groups is 1. The summed E-state index contributed by atoms with van der Waals surface area (Å²) < 4.78 is 5.25. The van der Waals surface area contributed by atoms with E-state index in [0.717, 1.165) is 31.6 Å². The van der Waals surface area contributed by atoms with Gasteiger partial charge in [0.15, 0.2) is 5.78 Å². The minimum atomic E-state index is 0.176. The fraction of sp³-hybridized carbons (Fsp3) is 0.188. The Bertz CT molecular complexity index is 680. The molecule has 1 aliphatic rings. The van der Waals surface area contributed by atoms with E-state index in [2.05, 4.69) is 6.07 Å². The number of fused-ring (bicyclic) bond motifs is 2. The first-order valence-electron chi connectivity index (χ1n) is 6.27. The molecule has 0 fully saturated rings. The molecule has 2 nitrogen and oxygen atoms in total. The number of hydrogen-bond donors (Lipinski definition) is 0. The highest BCUT2D eigenvalue weighted by Crippen LogP contribution is 2.39. The number of ether oxygens (including phenoxy) is 1. The maximum atomic E-state index is 12.5. The number of benzene rings is 2. The van der Waals surface area contributed by atoms with Crippen LogP contribution in [0.1, 0.15) is 15.9 Å². The van der Waals surface area contributed by atoms with Gasteiger partial charge in [0.25, 0.3) is 0 Å². The Morgan fingerprint density at radius 2 is 1.95 bits per heavy atom. The third-order valence-corrected chi connectivity index (χ3v) is 5.25. The molecule has 1 heterocycles. The highest BCUT2D eigenvalue weighted by molar-refractivity contribution is 7.99. The molecule has 4 heteroatoms. The van der Waals surface area contributed by atoms with Crippen LogP contribution in [0.5, 0.6) is 5.75 Å². The Labute approximate surface area is 126 Å². The van der Waals surface area contributed by atoms with E-state index in [-0.39, 0.29) is 5.78 Å². The highest BCUT2D eigenvalue weighted by atomic mass is 32.2. The van der Waals surface area contributed by atoms with Crippen LogP contribution >= 0.6 is 23.5 Å². The number of methoxy groups -OCH3 is 1. The molecular formula is C16H14O2S2. The fourth-order valence-corrected chi connectivity index (χ4v) is 3.74. The van der Waals surface area contributed by atoms with Crippen molar-refractivity contribution in [3.63, 3.8) is 0 Å². The van der Waals surface area contributed by atoms with Gasteiger partial charge in [-0.1, -0.05) is 11.8 Å². The van der Waals surface area contributed by atoms with Crippen LogP contribution in [0.2, 0.25) is 0 Å². The summed E-state index contributed by atoms with van der Waals surface area (Å²) in [6.07, 6.45) is 2.46. The van der Waals surface area contributed by atoms with Gasteiger partial charge in [-0.2, -0.15) is 0 Å². The van der Waals surface area contributed by atoms with E-state index in [4.69, 9.17) is 4.74 Å². The lowest BCUT2D eigenvalue weighted by Crippen LogP contribution is -2.03. The molecule has 0 saturated heterocycles. The zero-order valence-corrected chi connectivity index (χ0v) is 12.9. The molecule has 3 rings (SSSR count). The smallest absolute Gasteiger partial charge is 0.168 e. The number of rotatable bonds is 2. The van der Waals surface area contributed by atoms with Crippen molar-refractivity contribution >= 4 is 29.3 Å². The summed E-state index contributed by atoms with van der Waals surface area (Å²) >= 11 is 3.32. The normalized spacial score (nSPS) is 13.4. The first-order valence-corrected chi connectivity index (χ1v) is 8.31. The maximum absolute atomic E-state index is 12.5. The summed E-state index contributed by atoms with van der Waals surface area (Å²) in [5, 5.41) is 0. The third-order valence-electron chi connectivity index (χ3n) is 3.33. The molecule has 0 atom stereocenters. The van der Waals surface area contributed by atoms with E-state index >= 15 is 0 Å². The van der Waals surface area contributed by atoms with E-state index in [1.165, 1.54) is 0 Å². The van der Waals surface area contributed by atoms with Crippen molar-refractivity contribution in [2.75, 3.05) is 13.4 Å². The second-order valence-electron chi connectivity index (χ2n) is 4.54. The number of ketones is 1. The van der Waals surface area contributed by atoms with E-state index in [1.807, 2.05) is 36.6 Å². The lowest BCUT2D eigenvalue weighted by molar-refractivity contribution is 0.0990. The van der Waals surface area contributed by atoms with Crippen molar-refractivity contribution in [1.82, 2.24) is 0 Å². The number of Topliss-reactive ketones (excluding diaryl/α,β-unsaturated/α-hetero) is 1. The van der Waals surface area contributed by atoms with E-state index < -0.39 is 0 Å². The van der Waals surface area contributed by atoms with Crippen LogP contribution in [-0.2, 0) is 6.42 Å². The van der Waals surface area contributed by atoms with Crippen LogP contribution in [0, 0.1) is 0 Å². The molecule has 0 unspecified atom stereocenters. The molecule has 0 aromatic heterocycles. The van der Waals surface area contributed by atoms with Gasteiger partial charge >= 0.3 is 0 Å². The van der Waals surface area contributed by atoms with Crippen molar-refractivity contribution < 1.29 is 9.53 Å². The van der Waals surface area contributed by atoms with E-state index in [9.17, 15) is 4.79 Å². The Kier molecular flexibility index (Phi) is 3.76. The van der Waals surface area contributed by atoms with Gasteiger partial charge < -0.3 is 4.74 Å². The number of carbonyl (C=O) groups excluding carboxylic acids is 1. The largest absolute Gasteiger partial charge is 0.497 e. The molecule has 0 N–H and O–H groups in total. The molecule has 1 aliphatic heterocycles. The van der Waals surface area contributed by atoms with Gasteiger partial charge in [-0.3, -0.25) is 4.79 Å². The summed E-state index contributed by atoms with van der Waals surface area (Å²) in [4.78, 5) is 15.8. The highest BCUT2D eigenvalue weighted by Gasteiger charge is 2.21. The predicted molar refractivity (Wildman–Crippen MR) is 83.4 cm³/mol. The second-order valence-corrected chi connectivity index (χ2v) is 6.50. The minimum absolute atomic E-state index is 0.176. The Balaban J connectivity index is 2.08. The van der Waals surface area contributed by atoms with Crippen molar-refractivity contribution in [2.24, 2.45) is 0 Å². The SMILES string of the molecule is COc1ccc2c(c1)CC(=O)c1cc(SC)ccc1S2. The van der Waals surface area contributed by atoms with Crippen molar-refractivity contribution in [3.05, 3.63) is 47.5 Å². The Hall–Kier alpha value is -1.39. The molecule has 2 aromatic rings. The van der Waals surface area contributed by atoms with Crippen LogP contribution in [0.15, 0.2) is 51.1 Å². The predicted octanol–water partition coefficient (Wildman–Crippen LogP) is 4.31. The lowest BCUT2D eigenvalue weighted by atomic mass is 10.0. The Morgan fingerprint density at radius 1 is 1.15 bits per heavy atom. The average molecular weight is 302 g/mol. The van der Waals surface area contributed by atoms with Crippen LogP contribution < -0.4 is 4.74 Å². The lowest BCUT2D eigenvalue weighted by Gasteiger charge is -2.07. The molecular weight excluding hydrogens is 288 g/mol. The monoisotopic (exact) mass is 302 g/mol. The topological polar surface area (TPSA) is 26.3 Å². The van der Waals surface area contributed by atoms with Gasteiger partial charge in [0.1, 0.15) is 5.75 Å². The zero-order valence-electron chi connectivity index (χ0n) is 11.3. The van der Waals surface area contributed by atoms with Crippen molar-refractivity contribution in [2.45, 2.75) is 21.1 Å². The molecule has 0 bridgehead atoms. The summed E-state index contributed by atoms with van der Waals surface area (Å²) in [5.41, 5.74) is 1.87. The third kappa shape index (κ3) is 2.45. The first-order chi connectivity index (χ1) is 9.71. The summed E-state index contributed by atoms with van der Waals surface area (Å²) in [6, 6.07) is 12.0. The molecule has 0 spiro atoms. The quantitative estimate of drug-likeness (QED) is 0.772. The number of carbonyl (C=O) groups is 1. The van der Waals surface area contributed by atoms with Gasteiger partial charge in [-0.15, -0.1) is 11.8 Å². The molecule has 0 amide bonds. The van der Waals surface area contributed by atoms with Crippen molar-refractivity contribution in [1.29, 1.82) is 0 Å². The molecule has 102 valence electrons. The van der Waals surface area contributed by atoms with Crippen LogP contribution in [0.3, 0.4) is 0 Å². The molecule has 2 aromatic carbocycles. The van der Waals surface area contributed by atoms with Crippen LogP contribution in [0.4, 0.5) is 0 Å². The zero-order chi connectivity index (χ0) is 14.1. The maximum Gasteiger partial charge on any atom is 0.168 e. The molecule has 0 radical (unpaired) electrons. The summed E-state index contributed by atoms with van der Waals surface area (Å²) in [5.74, 6) is 0.975. The standard InChI is InChI=1S/C16H14O2S2/c1-18-11-3-5-15-10(7-11)8-14(17)13-9-12(19-2)4-6-16(13)20-15/h3-7,9H,8H2,1-2H3. The van der Waals surface area contributed by atoms with Crippen LogP contribution in [-0.4, -0.2) is 19.1 Å². The van der Waals surface area contributed by atoms with Gasteiger partial charge in [0.2, 0.25) is 0 Å². The van der Waals surface area contributed by atoms with Crippen molar-refractivity contribution in [3.8, 4) is 5.75 Å². The second kappa shape index (κ2) is 5.54. The Morgan fingerprint density at radius 3 is 2.70 bits per heavy atom. The van der Waals surface area contributed by atoms with Crippen LogP contribution in [0.25, 0.3) is 0 Å². The van der Waals surface area contributed by atoms with E-state index in [1.54, 1.807) is 30.6 Å². The van der Waals surface area contributed by atoms with Gasteiger partial charge in [-0.05, 0) is 48.2 Å². The molecule has 0 aliphatic carbocycles. The van der Waals surface area contributed by atoms with Gasteiger partial charge in [0, 0.05) is 26.7 Å².